The van der Waals surface area contributed by atoms with Gasteiger partial charge in [0.15, 0.2) is 0 Å². The normalized spacial score (nSPS) is 15.5. The zero-order valence-corrected chi connectivity index (χ0v) is 11.9. The van der Waals surface area contributed by atoms with Gasteiger partial charge in [-0.1, -0.05) is 55.9 Å². The Morgan fingerprint density at radius 1 is 1.43 bits per heavy atom. The van der Waals surface area contributed by atoms with Crippen LogP contribution >= 0.6 is 22.6 Å². The van der Waals surface area contributed by atoms with Crippen LogP contribution in [0.15, 0.2) is 12.7 Å². The van der Waals surface area contributed by atoms with Crippen molar-refractivity contribution in [2.75, 3.05) is 11.0 Å². The van der Waals surface area contributed by atoms with Gasteiger partial charge in [0.05, 0.1) is 0 Å². The highest BCUT2D eigenvalue weighted by Gasteiger charge is 2.11. The van der Waals surface area contributed by atoms with Gasteiger partial charge in [-0.3, -0.25) is 0 Å². The molecule has 0 saturated heterocycles. The van der Waals surface area contributed by atoms with E-state index < -0.39 is 0 Å². The average molecular weight is 309 g/mol. The molecule has 0 radical (unpaired) electrons. The van der Waals surface area contributed by atoms with E-state index in [-0.39, 0.29) is 0 Å². The van der Waals surface area contributed by atoms with E-state index in [1.165, 1.54) is 17.3 Å². The largest absolute Gasteiger partial charge is 0.310 e. The fourth-order valence-electron chi connectivity index (χ4n) is 1.35. The van der Waals surface area contributed by atoms with Gasteiger partial charge in [-0.15, -0.1) is 6.58 Å². The Bertz CT molecular complexity index is 141. The van der Waals surface area contributed by atoms with Crippen LogP contribution in [0.1, 0.15) is 33.6 Å². The molecule has 0 amide bonds. The third-order valence-corrected chi connectivity index (χ3v) is 3.70. The second kappa shape index (κ2) is 8.72. The predicted octanol–water partition coefficient (Wildman–Crippen LogP) is 3.64. The van der Waals surface area contributed by atoms with Crippen LogP contribution in [0.3, 0.4) is 0 Å². The molecule has 1 unspecified atom stereocenters. The molecule has 0 heterocycles. The Morgan fingerprint density at radius 2 is 2.07 bits per heavy atom. The maximum atomic E-state index is 3.90. The molecule has 0 aliphatic heterocycles. The predicted molar refractivity (Wildman–Crippen MR) is 74.1 cm³/mol. The summed E-state index contributed by atoms with van der Waals surface area (Å²) in [7, 11) is 0. The van der Waals surface area contributed by atoms with Crippen molar-refractivity contribution in [3.63, 3.8) is 0 Å². The van der Waals surface area contributed by atoms with E-state index in [2.05, 4.69) is 61.3 Å². The zero-order valence-electron chi connectivity index (χ0n) is 9.72. The minimum atomic E-state index is 0.497. The van der Waals surface area contributed by atoms with Crippen LogP contribution in [0.2, 0.25) is 0 Å². The van der Waals surface area contributed by atoms with Gasteiger partial charge >= 0.3 is 0 Å². The molecule has 0 aliphatic rings. The molecule has 0 aromatic rings. The van der Waals surface area contributed by atoms with E-state index in [1.54, 1.807) is 0 Å². The van der Waals surface area contributed by atoms with Crippen molar-refractivity contribution in [2.45, 2.75) is 39.7 Å². The van der Waals surface area contributed by atoms with Crippen LogP contribution in [0.4, 0.5) is 0 Å². The first kappa shape index (κ1) is 14.4. The number of nitrogens with one attached hydrogen (secondary N) is 1. The molecule has 0 bridgehead atoms. The highest BCUT2D eigenvalue weighted by Crippen LogP contribution is 2.14. The van der Waals surface area contributed by atoms with Crippen molar-refractivity contribution >= 4 is 22.6 Å². The summed E-state index contributed by atoms with van der Waals surface area (Å²) in [5.74, 6) is 1.55. The molecule has 84 valence electrons. The number of rotatable bonds is 8. The van der Waals surface area contributed by atoms with Gasteiger partial charge in [0.25, 0.3) is 0 Å². The van der Waals surface area contributed by atoms with Crippen molar-refractivity contribution in [1.29, 1.82) is 0 Å². The number of hydrogen-bond acceptors (Lipinski definition) is 1. The smallest absolute Gasteiger partial charge is 0.0250 e. The maximum absolute atomic E-state index is 3.90. The standard InChI is InChI=1S/C12H24IN/c1-5-11(8-13)7-12(6-2)14-9-10(3)4/h6,10-12,14H,2,5,7-9H2,1,3-4H3/t11?,12-/m0/s1. The van der Waals surface area contributed by atoms with E-state index in [0.717, 1.165) is 18.4 Å². The van der Waals surface area contributed by atoms with Crippen molar-refractivity contribution in [2.24, 2.45) is 11.8 Å². The van der Waals surface area contributed by atoms with Crippen molar-refractivity contribution in [3.8, 4) is 0 Å². The second-order valence-electron chi connectivity index (χ2n) is 4.31. The van der Waals surface area contributed by atoms with Crippen LogP contribution in [-0.2, 0) is 0 Å². The fraction of sp³-hybridized carbons (Fsp3) is 0.833. The van der Waals surface area contributed by atoms with Gasteiger partial charge < -0.3 is 5.32 Å². The molecule has 0 aromatic carbocycles. The molecular formula is C12H24IN. The van der Waals surface area contributed by atoms with Gasteiger partial charge in [0.2, 0.25) is 0 Å². The molecular weight excluding hydrogens is 285 g/mol. The SMILES string of the molecule is C=C[C@@H](CC(CC)CI)NCC(C)C. The van der Waals surface area contributed by atoms with Crippen molar-refractivity contribution in [1.82, 2.24) is 5.32 Å². The van der Waals surface area contributed by atoms with Crippen LogP contribution in [-0.4, -0.2) is 17.0 Å². The maximum Gasteiger partial charge on any atom is 0.0250 e. The molecule has 2 heteroatoms. The first-order valence-corrected chi connectivity index (χ1v) is 7.08. The Labute approximate surface area is 103 Å². The van der Waals surface area contributed by atoms with Gasteiger partial charge in [0.1, 0.15) is 0 Å². The third-order valence-electron chi connectivity index (χ3n) is 2.46. The monoisotopic (exact) mass is 309 g/mol. The molecule has 2 atom stereocenters. The summed E-state index contributed by atoms with van der Waals surface area (Å²) >= 11 is 2.48. The third kappa shape index (κ3) is 6.82. The minimum absolute atomic E-state index is 0.497. The van der Waals surface area contributed by atoms with E-state index in [0.29, 0.717) is 6.04 Å². The van der Waals surface area contributed by atoms with Gasteiger partial charge in [-0.25, -0.2) is 0 Å². The summed E-state index contributed by atoms with van der Waals surface area (Å²) < 4.78 is 1.25. The Morgan fingerprint density at radius 3 is 2.43 bits per heavy atom. The Balaban J connectivity index is 3.82. The minimum Gasteiger partial charge on any atom is -0.310 e. The fourth-order valence-corrected chi connectivity index (χ4v) is 2.33. The van der Waals surface area contributed by atoms with Crippen LogP contribution in [0.5, 0.6) is 0 Å². The summed E-state index contributed by atoms with van der Waals surface area (Å²) in [6.45, 7) is 11.7. The molecule has 0 aromatic heterocycles. The number of hydrogen-bond donors (Lipinski definition) is 1. The molecule has 0 rings (SSSR count). The molecule has 0 fully saturated rings. The molecule has 0 spiro atoms. The van der Waals surface area contributed by atoms with E-state index in [9.17, 15) is 0 Å². The highest BCUT2D eigenvalue weighted by atomic mass is 127. The molecule has 1 N–H and O–H groups in total. The lowest BCUT2D eigenvalue weighted by Gasteiger charge is -2.20. The lowest BCUT2D eigenvalue weighted by Crippen LogP contribution is -2.32. The summed E-state index contributed by atoms with van der Waals surface area (Å²) in [5, 5.41) is 3.55. The molecule has 0 saturated carbocycles. The first-order valence-electron chi connectivity index (χ1n) is 5.55. The molecule has 0 aliphatic carbocycles. The number of halogens is 1. The lowest BCUT2D eigenvalue weighted by molar-refractivity contribution is 0.425. The van der Waals surface area contributed by atoms with Crippen molar-refractivity contribution in [3.05, 3.63) is 12.7 Å². The number of alkyl halides is 1. The first-order chi connectivity index (χ1) is 6.63. The van der Waals surface area contributed by atoms with E-state index in [4.69, 9.17) is 0 Å². The summed E-state index contributed by atoms with van der Waals surface area (Å²) in [4.78, 5) is 0. The summed E-state index contributed by atoms with van der Waals surface area (Å²) in [5.41, 5.74) is 0. The van der Waals surface area contributed by atoms with Gasteiger partial charge in [-0.2, -0.15) is 0 Å². The molecule has 1 nitrogen and oxygen atoms in total. The van der Waals surface area contributed by atoms with E-state index in [1.807, 2.05) is 0 Å². The van der Waals surface area contributed by atoms with Crippen LogP contribution < -0.4 is 5.32 Å². The highest BCUT2D eigenvalue weighted by molar-refractivity contribution is 14.1. The Hall–Kier alpha value is 0.430. The van der Waals surface area contributed by atoms with Gasteiger partial charge in [0, 0.05) is 10.5 Å². The zero-order chi connectivity index (χ0) is 11.0. The lowest BCUT2D eigenvalue weighted by atomic mass is 9.99. The average Bonchev–Trinajstić information content (AvgIpc) is 2.18. The summed E-state index contributed by atoms with van der Waals surface area (Å²) in [6.07, 6.45) is 4.56. The van der Waals surface area contributed by atoms with E-state index >= 15 is 0 Å². The van der Waals surface area contributed by atoms with Crippen LogP contribution in [0.25, 0.3) is 0 Å². The summed E-state index contributed by atoms with van der Waals surface area (Å²) in [6, 6.07) is 0.497. The second-order valence-corrected chi connectivity index (χ2v) is 5.19. The van der Waals surface area contributed by atoms with Crippen LogP contribution in [0, 0.1) is 11.8 Å². The molecule has 14 heavy (non-hydrogen) atoms. The topological polar surface area (TPSA) is 12.0 Å². The Kier molecular flexibility index (Phi) is 8.98. The quantitative estimate of drug-likeness (QED) is 0.410. The van der Waals surface area contributed by atoms with Gasteiger partial charge in [-0.05, 0) is 24.8 Å². The van der Waals surface area contributed by atoms with Crippen molar-refractivity contribution < 1.29 is 0 Å².